The molecule has 0 saturated carbocycles. The van der Waals surface area contributed by atoms with Gasteiger partial charge < -0.3 is 14.2 Å². The van der Waals surface area contributed by atoms with Crippen molar-refractivity contribution in [1.29, 1.82) is 0 Å². The SMILES string of the molecule is C[Si](C)(C)c1ccc(N(c2ccccc2)c2ccc3cc4c5cccc6c7cc8ccc(N(c9ccccc9)c9ccc([Si](C)(C)C)cc9)cc8cc7n(c4cc3c2)c56)cc1. The van der Waals surface area contributed by atoms with E-state index >= 15 is 0 Å². The lowest BCUT2D eigenvalue weighted by atomic mass is 10.0. The van der Waals surface area contributed by atoms with Gasteiger partial charge in [-0.15, -0.1) is 0 Å². The zero-order valence-corrected chi connectivity index (χ0v) is 37.7. The summed E-state index contributed by atoms with van der Waals surface area (Å²) < 4.78 is 2.53. The van der Waals surface area contributed by atoms with Crippen molar-refractivity contribution < 1.29 is 0 Å². The second-order valence-electron chi connectivity index (χ2n) is 18.8. The first kappa shape index (κ1) is 37.3. The van der Waals surface area contributed by atoms with Crippen LogP contribution in [-0.4, -0.2) is 20.5 Å². The summed E-state index contributed by atoms with van der Waals surface area (Å²) in [5.74, 6) is 0. The molecular weight excluding hydrogens is 771 g/mol. The molecule has 0 unspecified atom stereocenters. The fourth-order valence-corrected chi connectivity index (χ4v) is 11.8. The van der Waals surface area contributed by atoms with Gasteiger partial charge in [-0.2, -0.15) is 0 Å². The van der Waals surface area contributed by atoms with Crippen LogP contribution in [0.1, 0.15) is 0 Å². The number of anilines is 6. The number of nitrogens with zero attached hydrogens (tertiary/aromatic N) is 3. The Balaban J connectivity index is 1.09. The maximum atomic E-state index is 2.53. The molecule has 0 aliphatic rings. The van der Waals surface area contributed by atoms with Crippen LogP contribution >= 0.6 is 0 Å². The summed E-state index contributed by atoms with van der Waals surface area (Å²) in [6, 6.07) is 70.4. The van der Waals surface area contributed by atoms with Crippen molar-refractivity contribution in [2.24, 2.45) is 0 Å². The van der Waals surface area contributed by atoms with Gasteiger partial charge in [0.25, 0.3) is 0 Å². The molecule has 0 bridgehead atoms. The molecule has 0 spiro atoms. The van der Waals surface area contributed by atoms with Crippen LogP contribution < -0.4 is 20.2 Å². The third-order valence-corrected chi connectivity index (χ3v) is 16.9. The van der Waals surface area contributed by atoms with Crippen LogP contribution in [0.15, 0.2) is 188 Å². The molecule has 61 heavy (non-hydrogen) atoms. The van der Waals surface area contributed by atoms with E-state index in [0.29, 0.717) is 0 Å². The summed E-state index contributed by atoms with van der Waals surface area (Å²) in [6.07, 6.45) is 0. The average molecular weight is 820 g/mol. The average Bonchev–Trinajstić information content (AvgIpc) is 3.76. The maximum Gasteiger partial charge on any atom is 0.0775 e. The summed E-state index contributed by atoms with van der Waals surface area (Å²) in [5, 5.41) is 13.0. The normalized spacial score (nSPS) is 12.4. The van der Waals surface area contributed by atoms with Crippen LogP contribution in [0.3, 0.4) is 0 Å². The third-order valence-electron chi connectivity index (χ3n) is 12.7. The fourth-order valence-electron chi connectivity index (χ4n) is 9.49. The van der Waals surface area contributed by atoms with E-state index in [2.05, 4.69) is 242 Å². The lowest BCUT2D eigenvalue weighted by Crippen LogP contribution is -2.37. The van der Waals surface area contributed by atoms with Gasteiger partial charge in [0.2, 0.25) is 0 Å². The topological polar surface area (TPSA) is 10.9 Å². The molecule has 3 nitrogen and oxygen atoms in total. The molecule has 2 aromatic heterocycles. The number of hydrogen-bond acceptors (Lipinski definition) is 2. The molecule has 0 amide bonds. The van der Waals surface area contributed by atoms with Crippen molar-refractivity contribution in [3.05, 3.63) is 188 Å². The monoisotopic (exact) mass is 819 g/mol. The summed E-state index contributed by atoms with van der Waals surface area (Å²) >= 11 is 0. The van der Waals surface area contributed by atoms with E-state index in [-0.39, 0.29) is 0 Å². The standard InChI is InChI=1S/C56H49N3Si2/c1-60(2,3)48-28-24-44(25-29-48)57(42-14-9-7-10-15-42)46-22-20-38-34-52-50-18-13-19-51-53-35-39-21-23-47(33-41(39)37-55(53)59(56(50)51)54(52)36-40(38)32-46)58(43-16-11-8-12-17-43)45-26-30-49(31-27-45)61(4,5)6/h7-37H,1-6H3. The van der Waals surface area contributed by atoms with Crippen molar-refractivity contribution in [2.45, 2.75) is 39.3 Å². The van der Waals surface area contributed by atoms with E-state index in [1.807, 2.05) is 0 Å². The summed E-state index contributed by atoms with van der Waals surface area (Å²) in [7, 11) is -2.87. The molecule has 0 fully saturated rings. The highest BCUT2D eigenvalue weighted by Gasteiger charge is 2.22. The van der Waals surface area contributed by atoms with Gasteiger partial charge in [-0.3, -0.25) is 0 Å². The highest BCUT2D eigenvalue weighted by atomic mass is 28.3. The van der Waals surface area contributed by atoms with Crippen molar-refractivity contribution in [3.8, 4) is 0 Å². The van der Waals surface area contributed by atoms with Gasteiger partial charge in [-0.05, 0) is 119 Å². The van der Waals surface area contributed by atoms with Crippen LogP contribution in [0.25, 0.3) is 59.6 Å². The Morgan fingerprint density at radius 1 is 0.311 bits per heavy atom. The molecule has 0 aliphatic carbocycles. The largest absolute Gasteiger partial charge is 0.310 e. The van der Waals surface area contributed by atoms with E-state index in [0.717, 1.165) is 22.7 Å². The molecule has 2 heterocycles. The molecular formula is C56H49N3Si2. The van der Waals surface area contributed by atoms with Gasteiger partial charge in [0.15, 0.2) is 0 Å². The molecule has 11 aromatic rings. The van der Waals surface area contributed by atoms with E-state index in [1.54, 1.807) is 0 Å². The van der Waals surface area contributed by atoms with Gasteiger partial charge >= 0.3 is 0 Å². The third kappa shape index (κ3) is 6.30. The van der Waals surface area contributed by atoms with E-state index in [9.17, 15) is 0 Å². The second kappa shape index (κ2) is 13.9. The number of rotatable bonds is 8. The quantitative estimate of drug-likeness (QED) is 0.141. The van der Waals surface area contributed by atoms with Crippen molar-refractivity contribution >= 4 is 120 Å². The highest BCUT2D eigenvalue weighted by molar-refractivity contribution is 6.89. The molecule has 5 heteroatoms. The van der Waals surface area contributed by atoms with Crippen LogP contribution in [0.4, 0.5) is 34.1 Å². The predicted octanol–water partition coefficient (Wildman–Crippen LogP) is 15.2. The van der Waals surface area contributed by atoms with E-state index in [4.69, 9.17) is 0 Å². The summed E-state index contributed by atoms with van der Waals surface area (Å²) in [6.45, 7) is 14.5. The van der Waals surface area contributed by atoms with Crippen molar-refractivity contribution in [2.75, 3.05) is 9.80 Å². The Bertz CT molecular complexity index is 3190. The molecule has 0 atom stereocenters. The van der Waals surface area contributed by atoms with E-state index < -0.39 is 16.1 Å². The Hall–Kier alpha value is -6.67. The first-order chi connectivity index (χ1) is 29.5. The minimum absolute atomic E-state index is 1.15. The molecule has 0 saturated heterocycles. The highest BCUT2D eigenvalue weighted by Crippen LogP contribution is 2.44. The van der Waals surface area contributed by atoms with Gasteiger partial charge in [0, 0.05) is 55.7 Å². The van der Waals surface area contributed by atoms with Gasteiger partial charge in [-0.1, -0.05) is 141 Å². The summed E-state index contributed by atoms with van der Waals surface area (Å²) in [5.41, 5.74) is 10.7. The van der Waals surface area contributed by atoms with Crippen LogP contribution in [-0.2, 0) is 0 Å². The van der Waals surface area contributed by atoms with Crippen molar-refractivity contribution in [3.63, 3.8) is 0 Å². The zero-order chi connectivity index (χ0) is 41.6. The summed E-state index contributed by atoms with van der Waals surface area (Å²) in [4.78, 5) is 4.78. The first-order valence-corrected chi connectivity index (χ1v) is 28.5. The zero-order valence-electron chi connectivity index (χ0n) is 35.7. The number of fused-ring (bicyclic) bond motifs is 8. The number of benzene rings is 9. The number of hydrogen-bond donors (Lipinski definition) is 0. The van der Waals surface area contributed by atoms with E-state index in [1.165, 1.54) is 81.4 Å². The van der Waals surface area contributed by atoms with Gasteiger partial charge in [0.05, 0.1) is 32.7 Å². The maximum absolute atomic E-state index is 2.53. The lowest BCUT2D eigenvalue weighted by molar-refractivity contribution is 1.29. The second-order valence-corrected chi connectivity index (χ2v) is 28.9. The van der Waals surface area contributed by atoms with Crippen LogP contribution in [0.5, 0.6) is 0 Å². The molecule has 0 aliphatic heterocycles. The smallest absolute Gasteiger partial charge is 0.0775 e. The van der Waals surface area contributed by atoms with Crippen LogP contribution in [0.2, 0.25) is 39.3 Å². The van der Waals surface area contributed by atoms with Crippen molar-refractivity contribution in [1.82, 2.24) is 4.40 Å². The first-order valence-electron chi connectivity index (χ1n) is 21.5. The van der Waals surface area contributed by atoms with Crippen LogP contribution in [0, 0.1) is 0 Å². The fraction of sp³-hybridized carbons (Fsp3) is 0.107. The minimum atomic E-state index is -1.44. The molecule has 9 aromatic carbocycles. The molecule has 296 valence electrons. The Morgan fingerprint density at radius 2 is 0.689 bits per heavy atom. The van der Waals surface area contributed by atoms with Gasteiger partial charge in [0.1, 0.15) is 0 Å². The Labute approximate surface area is 360 Å². The van der Waals surface area contributed by atoms with Gasteiger partial charge in [-0.25, -0.2) is 0 Å². The predicted molar refractivity (Wildman–Crippen MR) is 271 cm³/mol. The minimum Gasteiger partial charge on any atom is -0.310 e. The Morgan fingerprint density at radius 3 is 1.08 bits per heavy atom. The number of para-hydroxylation sites is 3. The number of aromatic nitrogens is 1. The lowest BCUT2D eigenvalue weighted by Gasteiger charge is -2.27. The molecule has 0 radical (unpaired) electrons. The Kier molecular flexibility index (Phi) is 8.54. The molecule has 11 rings (SSSR count). The molecule has 0 N–H and O–H groups in total.